The molecule has 0 radical (unpaired) electrons. The van der Waals surface area contributed by atoms with Gasteiger partial charge in [-0.3, -0.25) is 9.78 Å². The smallest absolute Gasteiger partial charge is 0.252 e. The van der Waals surface area contributed by atoms with E-state index in [0.29, 0.717) is 18.0 Å². The summed E-state index contributed by atoms with van der Waals surface area (Å²) in [6.45, 7) is 3.13. The fourth-order valence-corrected chi connectivity index (χ4v) is 2.75. The molecule has 132 valence electrons. The van der Waals surface area contributed by atoms with Crippen LogP contribution in [0.2, 0.25) is 0 Å². The first-order chi connectivity index (χ1) is 12.3. The quantitative estimate of drug-likeness (QED) is 0.721. The third kappa shape index (κ3) is 5.53. The molecule has 1 aliphatic heterocycles. The van der Waals surface area contributed by atoms with Gasteiger partial charge in [-0.15, -0.1) is 0 Å². The maximum absolute atomic E-state index is 12.1. The number of pyridine rings is 2. The molecule has 0 aromatic carbocycles. The van der Waals surface area contributed by atoms with E-state index in [0.717, 1.165) is 50.5 Å². The minimum absolute atomic E-state index is 0.0933. The summed E-state index contributed by atoms with van der Waals surface area (Å²) in [6.07, 6.45) is 6.20. The van der Waals surface area contributed by atoms with Crippen molar-refractivity contribution in [1.82, 2.24) is 15.3 Å². The Morgan fingerprint density at radius 1 is 1.24 bits per heavy atom. The molecular weight excluding hydrogens is 316 g/mol. The lowest BCUT2D eigenvalue weighted by Gasteiger charge is -2.10. The molecule has 0 bridgehead atoms. The number of rotatable bonds is 8. The lowest BCUT2D eigenvalue weighted by atomic mass is 10.1. The van der Waals surface area contributed by atoms with Crippen molar-refractivity contribution in [2.24, 2.45) is 5.92 Å². The predicted molar refractivity (Wildman–Crippen MR) is 96.5 cm³/mol. The van der Waals surface area contributed by atoms with E-state index in [2.05, 4.69) is 20.6 Å². The van der Waals surface area contributed by atoms with Crippen molar-refractivity contribution in [3.63, 3.8) is 0 Å². The summed E-state index contributed by atoms with van der Waals surface area (Å²) >= 11 is 0. The highest BCUT2D eigenvalue weighted by Gasteiger charge is 2.15. The topological polar surface area (TPSA) is 76.1 Å². The van der Waals surface area contributed by atoms with E-state index in [9.17, 15) is 4.79 Å². The number of aryl methyl sites for hydroxylation is 1. The highest BCUT2D eigenvalue weighted by atomic mass is 16.5. The van der Waals surface area contributed by atoms with Crippen LogP contribution in [0.15, 0.2) is 42.7 Å². The second-order valence-corrected chi connectivity index (χ2v) is 6.22. The van der Waals surface area contributed by atoms with Crippen molar-refractivity contribution in [2.75, 3.05) is 31.6 Å². The molecule has 1 atom stereocenters. The summed E-state index contributed by atoms with van der Waals surface area (Å²) < 4.78 is 5.35. The van der Waals surface area contributed by atoms with Crippen molar-refractivity contribution in [2.45, 2.75) is 19.3 Å². The summed E-state index contributed by atoms with van der Waals surface area (Å²) in [5, 5.41) is 6.22. The van der Waals surface area contributed by atoms with Gasteiger partial charge in [0.2, 0.25) is 0 Å². The molecule has 1 amide bonds. The zero-order valence-corrected chi connectivity index (χ0v) is 14.3. The average molecular weight is 340 g/mol. The van der Waals surface area contributed by atoms with Crippen LogP contribution >= 0.6 is 0 Å². The summed E-state index contributed by atoms with van der Waals surface area (Å²) in [5.41, 5.74) is 1.62. The number of hydrogen-bond donors (Lipinski definition) is 2. The predicted octanol–water partition coefficient (Wildman–Crippen LogP) is 2.29. The van der Waals surface area contributed by atoms with Crippen molar-refractivity contribution in [3.8, 4) is 0 Å². The first kappa shape index (κ1) is 17.4. The lowest BCUT2D eigenvalue weighted by molar-refractivity contribution is 0.0953. The van der Waals surface area contributed by atoms with Gasteiger partial charge in [0.25, 0.3) is 5.91 Å². The molecule has 0 aliphatic carbocycles. The van der Waals surface area contributed by atoms with E-state index < -0.39 is 0 Å². The Morgan fingerprint density at radius 2 is 2.20 bits per heavy atom. The molecular formula is C19H24N4O2. The van der Waals surface area contributed by atoms with Crippen molar-refractivity contribution in [1.29, 1.82) is 0 Å². The van der Waals surface area contributed by atoms with E-state index in [1.807, 2.05) is 24.3 Å². The normalized spacial score (nSPS) is 16.6. The maximum atomic E-state index is 12.1. The first-order valence-corrected chi connectivity index (χ1v) is 8.77. The van der Waals surface area contributed by atoms with E-state index in [4.69, 9.17) is 4.74 Å². The van der Waals surface area contributed by atoms with Gasteiger partial charge in [-0.25, -0.2) is 4.98 Å². The Labute approximate surface area is 148 Å². The molecule has 3 rings (SSSR count). The number of amides is 1. The number of nitrogens with zero attached hydrogens (tertiary/aromatic N) is 2. The van der Waals surface area contributed by atoms with Gasteiger partial charge in [-0.2, -0.15) is 0 Å². The average Bonchev–Trinajstić information content (AvgIpc) is 3.18. The summed E-state index contributed by atoms with van der Waals surface area (Å²) in [6, 6.07) is 9.52. The molecule has 6 nitrogen and oxygen atoms in total. The largest absolute Gasteiger partial charge is 0.381 e. The Kier molecular flexibility index (Phi) is 6.34. The standard InChI is InChI=1S/C19H24N4O2/c24-19(21-10-3-5-17-4-1-2-9-20-17)16-6-7-18(23-13-16)22-12-15-8-11-25-14-15/h1-2,4,6-7,9,13,15H,3,5,8,10-12,14H2,(H,21,24)(H,22,23)/t15-/m1/s1. The van der Waals surface area contributed by atoms with Crippen LogP contribution in [0.25, 0.3) is 0 Å². The van der Waals surface area contributed by atoms with Crippen LogP contribution in [-0.4, -0.2) is 42.2 Å². The van der Waals surface area contributed by atoms with Crippen LogP contribution in [0, 0.1) is 5.92 Å². The van der Waals surface area contributed by atoms with E-state index in [1.165, 1.54) is 0 Å². The molecule has 2 aromatic heterocycles. The molecule has 0 unspecified atom stereocenters. The Hall–Kier alpha value is -2.47. The Bertz CT molecular complexity index is 655. The van der Waals surface area contributed by atoms with E-state index >= 15 is 0 Å². The second kappa shape index (κ2) is 9.13. The van der Waals surface area contributed by atoms with Crippen LogP contribution < -0.4 is 10.6 Å². The minimum atomic E-state index is -0.0933. The zero-order chi connectivity index (χ0) is 17.3. The second-order valence-electron chi connectivity index (χ2n) is 6.22. The Morgan fingerprint density at radius 3 is 2.92 bits per heavy atom. The minimum Gasteiger partial charge on any atom is -0.381 e. The molecule has 3 heterocycles. The van der Waals surface area contributed by atoms with Gasteiger partial charge < -0.3 is 15.4 Å². The number of ether oxygens (including phenoxy) is 1. The van der Waals surface area contributed by atoms with Crippen LogP contribution in [-0.2, 0) is 11.2 Å². The number of aromatic nitrogens is 2. The maximum Gasteiger partial charge on any atom is 0.252 e. The third-order valence-corrected chi connectivity index (χ3v) is 4.24. The third-order valence-electron chi connectivity index (χ3n) is 4.24. The summed E-state index contributed by atoms with van der Waals surface area (Å²) in [7, 11) is 0. The monoisotopic (exact) mass is 340 g/mol. The molecule has 2 aromatic rings. The first-order valence-electron chi connectivity index (χ1n) is 8.77. The number of nitrogens with one attached hydrogen (secondary N) is 2. The summed E-state index contributed by atoms with van der Waals surface area (Å²) in [4.78, 5) is 20.7. The SMILES string of the molecule is O=C(NCCCc1ccccn1)c1ccc(NC[C@H]2CCOC2)nc1. The molecule has 1 fully saturated rings. The molecule has 0 spiro atoms. The fraction of sp³-hybridized carbons (Fsp3) is 0.421. The Balaban J connectivity index is 1.38. The molecule has 25 heavy (non-hydrogen) atoms. The molecule has 1 saturated heterocycles. The van der Waals surface area contributed by atoms with Crippen LogP contribution in [0.3, 0.4) is 0 Å². The molecule has 2 N–H and O–H groups in total. The van der Waals surface area contributed by atoms with Gasteiger partial charge >= 0.3 is 0 Å². The van der Waals surface area contributed by atoms with Gasteiger partial charge in [-0.05, 0) is 43.5 Å². The lowest BCUT2D eigenvalue weighted by Crippen LogP contribution is -2.25. The highest BCUT2D eigenvalue weighted by molar-refractivity contribution is 5.94. The van der Waals surface area contributed by atoms with Crippen molar-refractivity contribution < 1.29 is 9.53 Å². The number of anilines is 1. The van der Waals surface area contributed by atoms with E-state index in [-0.39, 0.29) is 5.91 Å². The van der Waals surface area contributed by atoms with Gasteiger partial charge in [0, 0.05) is 43.7 Å². The molecule has 6 heteroatoms. The molecule has 1 aliphatic rings. The van der Waals surface area contributed by atoms with Gasteiger partial charge in [0.15, 0.2) is 0 Å². The van der Waals surface area contributed by atoms with Crippen LogP contribution in [0.1, 0.15) is 28.9 Å². The number of carbonyl (C=O) groups excluding carboxylic acids is 1. The highest BCUT2D eigenvalue weighted by Crippen LogP contribution is 2.13. The fourth-order valence-electron chi connectivity index (χ4n) is 2.75. The van der Waals surface area contributed by atoms with Crippen molar-refractivity contribution >= 4 is 11.7 Å². The van der Waals surface area contributed by atoms with Gasteiger partial charge in [0.1, 0.15) is 5.82 Å². The number of carbonyl (C=O) groups is 1. The van der Waals surface area contributed by atoms with Crippen molar-refractivity contribution in [3.05, 3.63) is 54.0 Å². The summed E-state index contributed by atoms with van der Waals surface area (Å²) in [5.74, 6) is 1.24. The van der Waals surface area contributed by atoms with Crippen LogP contribution in [0.5, 0.6) is 0 Å². The van der Waals surface area contributed by atoms with Crippen LogP contribution in [0.4, 0.5) is 5.82 Å². The van der Waals surface area contributed by atoms with E-state index in [1.54, 1.807) is 18.5 Å². The zero-order valence-electron chi connectivity index (χ0n) is 14.3. The number of hydrogen-bond acceptors (Lipinski definition) is 5. The molecule has 0 saturated carbocycles. The van der Waals surface area contributed by atoms with Gasteiger partial charge in [-0.1, -0.05) is 6.07 Å². The van der Waals surface area contributed by atoms with Gasteiger partial charge in [0.05, 0.1) is 12.2 Å².